The lowest BCUT2D eigenvalue weighted by Crippen LogP contribution is -2.32. The summed E-state index contributed by atoms with van der Waals surface area (Å²) in [6.45, 7) is 2.40. The number of anilines is 1. The van der Waals surface area contributed by atoms with Gasteiger partial charge < -0.3 is 4.74 Å². The Balaban J connectivity index is 1.57. The summed E-state index contributed by atoms with van der Waals surface area (Å²) in [5.41, 5.74) is 3.70. The first-order valence-corrected chi connectivity index (χ1v) is 11.6. The number of fused-ring (bicyclic) bond motifs is 2. The van der Waals surface area contributed by atoms with Gasteiger partial charge in [0.05, 0.1) is 30.5 Å². The molecule has 0 N–H and O–H groups in total. The minimum atomic E-state index is -0.0207. The van der Waals surface area contributed by atoms with Gasteiger partial charge in [0.2, 0.25) is 5.91 Å². The zero-order valence-corrected chi connectivity index (χ0v) is 19.3. The molecule has 2 heterocycles. The molecule has 0 aliphatic heterocycles. The Morgan fingerprint density at radius 1 is 1.00 bits per heavy atom. The van der Waals surface area contributed by atoms with Gasteiger partial charge in [0.1, 0.15) is 11.3 Å². The third kappa shape index (κ3) is 4.17. The van der Waals surface area contributed by atoms with Gasteiger partial charge in [-0.1, -0.05) is 65.9 Å². The fraction of sp³-hybridized carbons (Fsp3) is 0.148. The lowest BCUT2D eigenvalue weighted by atomic mass is 10.0. The van der Waals surface area contributed by atoms with Gasteiger partial charge in [-0.15, -0.1) is 0 Å². The second kappa shape index (κ2) is 9.00. The van der Waals surface area contributed by atoms with Gasteiger partial charge in [-0.25, -0.2) is 4.98 Å². The number of ether oxygens (including phenoxy) is 1. The van der Waals surface area contributed by atoms with Crippen LogP contribution in [-0.2, 0) is 17.8 Å². The van der Waals surface area contributed by atoms with E-state index in [9.17, 15) is 4.79 Å². The summed E-state index contributed by atoms with van der Waals surface area (Å²) >= 11 is 1.51. The molecule has 6 heteroatoms. The van der Waals surface area contributed by atoms with E-state index in [2.05, 4.69) is 23.2 Å². The van der Waals surface area contributed by atoms with E-state index in [4.69, 9.17) is 9.72 Å². The van der Waals surface area contributed by atoms with E-state index in [-0.39, 0.29) is 12.3 Å². The van der Waals surface area contributed by atoms with E-state index >= 15 is 0 Å². The van der Waals surface area contributed by atoms with E-state index in [1.165, 1.54) is 11.3 Å². The van der Waals surface area contributed by atoms with E-state index in [0.717, 1.165) is 37.8 Å². The maximum atomic E-state index is 13.7. The Hall–Kier alpha value is -3.77. The first-order chi connectivity index (χ1) is 16.1. The first kappa shape index (κ1) is 21.1. The lowest BCUT2D eigenvalue weighted by Gasteiger charge is -2.20. The molecule has 2 aromatic heterocycles. The maximum Gasteiger partial charge on any atom is 0.233 e. The molecule has 164 valence electrons. The van der Waals surface area contributed by atoms with Gasteiger partial charge in [-0.2, -0.15) is 0 Å². The number of carbonyl (C=O) groups excluding carboxylic acids is 1. The fourth-order valence-corrected chi connectivity index (χ4v) is 5.07. The standard InChI is InChI=1S/C27H23N3O2S/c1-18-13-14-23(32-2)25-26(18)33-27(29-25)30(17-21-11-5-6-15-28-21)24(31)16-20-10-7-9-19-8-3-4-12-22(19)20/h3-15H,16-17H2,1-2H3. The molecule has 5 nitrogen and oxygen atoms in total. The largest absolute Gasteiger partial charge is 0.494 e. The SMILES string of the molecule is COc1ccc(C)c2sc(N(Cc3ccccn3)C(=O)Cc3cccc4ccccc34)nc12. The van der Waals surface area contributed by atoms with E-state index in [1.807, 2.05) is 61.5 Å². The van der Waals surface area contributed by atoms with Crippen LogP contribution in [0.2, 0.25) is 0 Å². The molecule has 0 aliphatic carbocycles. The van der Waals surface area contributed by atoms with E-state index < -0.39 is 0 Å². The third-order valence-electron chi connectivity index (χ3n) is 5.71. The molecule has 5 rings (SSSR count). The Kier molecular flexibility index (Phi) is 5.75. The van der Waals surface area contributed by atoms with Crippen molar-refractivity contribution < 1.29 is 9.53 Å². The average Bonchev–Trinajstić information content (AvgIpc) is 3.30. The lowest BCUT2D eigenvalue weighted by molar-refractivity contribution is -0.118. The second-order valence-corrected chi connectivity index (χ2v) is 8.85. The van der Waals surface area contributed by atoms with Gasteiger partial charge in [0.15, 0.2) is 5.13 Å². The number of aromatic nitrogens is 2. The molecular weight excluding hydrogens is 430 g/mol. The van der Waals surface area contributed by atoms with Gasteiger partial charge in [0, 0.05) is 6.20 Å². The first-order valence-electron chi connectivity index (χ1n) is 10.7. The van der Waals surface area contributed by atoms with Crippen LogP contribution in [0.3, 0.4) is 0 Å². The smallest absolute Gasteiger partial charge is 0.233 e. The zero-order valence-electron chi connectivity index (χ0n) is 18.5. The Bertz CT molecular complexity index is 1440. The predicted molar refractivity (Wildman–Crippen MR) is 134 cm³/mol. The average molecular weight is 454 g/mol. The van der Waals surface area contributed by atoms with Crippen LogP contribution >= 0.6 is 11.3 Å². The number of benzene rings is 3. The highest BCUT2D eigenvalue weighted by atomic mass is 32.1. The third-order valence-corrected chi connectivity index (χ3v) is 6.93. The van der Waals surface area contributed by atoms with Crippen molar-refractivity contribution in [1.82, 2.24) is 9.97 Å². The van der Waals surface area contributed by atoms with Crippen molar-refractivity contribution in [2.45, 2.75) is 19.9 Å². The summed E-state index contributed by atoms with van der Waals surface area (Å²) < 4.78 is 6.55. The molecule has 0 aliphatic rings. The molecule has 0 atom stereocenters. The number of aryl methyl sites for hydroxylation is 1. The summed E-state index contributed by atoms with van der Waals surface area (Å²) in [6, 6.07) is 23.9. The number of thiazole rings is 1. The molecule has 1 amide bonds. The minimum absolute atomic E-state index is 0.0207. The van der Waals surface area contributed by atoms with Crippen molar-refractivity contribution in [2.75, 3.05) is 12.0 Å². The van der Waals surface area contributed by atoms with Gasteiger partial charge in [-0.3, -0.25) is 14.7 Å². The molecule has 5 aromatic rings. The number of amides is 1. The van der Waals surface area contributed by atoms with Crippen LogP contribution in [-0.4, -0.2) is 23.0 Å². The topological polar surface area (TPSA) is 55.3 Å². The molecule has 0 saturated carbocycles. The summed E-state index contributed by atoms with van der Waals surface area (Å²) in [5, 5.41) is 2.86. The van der Waals surface area contributed by atoms with Crippen LogP contribution in [0.25, 0.3) is 21.0 Å². The van der Waals surface area contributed by atoms with Crippen LogP contribution in [0, 0.1) is 6.92 Å². The monoisotopic (exact) mass is 453 g/mol. The van der Waals surface area contributed by atoms with Gasteiger partial charge >= 0.3 is 0 Å². The molecule has 3 aromatic carbocycles. The number of hydrogen-bond donors (Lipinski definition) is 0. The number of pyridine rings is 1. The van der Waals surface area contributed by atoms with Gasteiger partial charge in [-0.05, 0) is 47.0 Å². The molecule has 33 heavy (non-hydrogen) atoms. The molecule has 0 radical (unpaired) electrons. The van der Waals surface area contributed by atoms with Crippen molar-refractivity contribution in [1.29, 1.82) is 0 Å². The van der Waals surface area contributed by atoms with E-state index in [0.29, 0.717) is 17.4 Å². The number of hydrogen-bond acceptors (Lipinski definition) is 5. The normalized spacial score (nSPS) is 11.1. The summed E-state index contributed by atoms with van der Waals surface area (Å²) in [7, 11) is 1.64. The highest BCUT2D eigenvalue weighted by Gasteiger charge is 2.23. The minimum Gasteiger partial charge on any atom is -0.494 e. The quantitative estimate of drug-likeness (QED) is 0.319. The highest BCUT2D eigenvalue weighted by Crippen LogP contribution is 2.37. The summed E-state index contributed by atoms with van der Waals surface area (Å²) in [5.74, 6) is 0.685. The Labute approximate surface area is 196 Å². The number of carbonyl (C=O) groups is 1. The second-order valence-electron chi connectivity index (χ2n) is 7.87. The Morgan fingerprint density at radius 3 is 2.64 bits per heavy atom. The molecule has 0 saturated heterocycles. The number of methoxy groups -OCH3 is 1. The maximum absolute atomic E-state index is 13.7. The van der Waals surface area contributed by atoms with Crippen molar-refractivity contribution in [3.05, 3.63) is 95.8 Å². The van der Waals surface area contributed by atoms with Crippen molar-refractivity contribution in [3.63, 3.8) is 0 Å². The van der Waals surface area contributed by atoms with Crippen molar-refractivity contribution in [3.8, 4) is 5.75 Å². The van der Waals surface area contributed by atoms with Gasteiger partial charge in [0.25, 0.3) is 0 Å². The number of nitrogens with zero attached hydrogens (tertiary/aromatic N) is 3. The van der Waals surface area contributed by atoms with Crippen molar-refractivity contribution in [2.24, 2.45) is 0 Å². The van der Waals surface area contributed by atoms with Crippen LogP contribution in [0.1, 0.15) is 16.8 Å². The molecule has 0 unspecified atom stereocenters. The van der Waals surface area contributed by atoms with Crippen molar-refractivity contribution >= 4 is 43.4 Å². The van der Waals surface area contributed by atoms with Crippen LogP contribution in [0.4, 0.5) is 5.13 Å². The molecular formula is C27H23N3O2S. The van der Waals surface area contributed by atoms with Crippen LogP contribution < -0.4 is 9.64 Å². The summed E-state index contributed by atoms with van der Waals surface area (Å²) in [6.07, 6.45) is 2.02. The molecule has 0 bridgehead atoms. The summed E-state index contributed by atoms with van der Waals surface area (Å²) in [4.78, 5) is 24.7. The highest BCUT2D eigenvalue weighted by molar-refractivity contribution is 7.22. The zero-order chi connectivity index (χ0) is 22.8. The fourth-order valence-electron chi connectivity index (χ4n) is 4.00. The van der Waals surface area contributed by atoms with Crippen LogP contribution in [0.5, 0.6) is 5.75 Å². The Morgan fingerprint density at radius 2 is 1.82 bits per heavy atom. The van der Waals surface area contributed by atoms with E-state index in [1.54, 1.807) is 18.2 Å². The van der Waals surface area contributed by atoms with Crippen LogP contribution in [0.15, 0.2) is 79.0 Å². The molecule has 0 fully saturated rings. The molecule has 0 spiro atoms. The number of rotatable bonds is 6. The predicted octanol–water partition coefficient (Wildman–Crippen LogP) is 5.94.